The molecule has 2 amide bonds. The summed E-state index contributed by atoms with van der Waals surface area (Å²) >= 11 is 5.97. The highest BCUT2D eigenvalue weighted by molar-refractivity contribution is 7.92. The molecule has 2 rings (SSSR count). The lowest BCUT2D eigenvalue weighted by Crippen LogP contribution is -2.52. The number of sulfonamides is 1. The van der Waals surface area contributed by atoms with Crippen LogP contribution in [0.5, 0.6) is 0 Å². The molecule has 0 aliphatic rings. The number of nitrogens with one attached hydrogen (secondary N) is 1. The smallest absolute Gasteiger partial charge is 0.244 e. The Morgan fingerprint density at radius 3 is 2.28 bits per heavy atom. The number of benzene rings is 2. The van der Waals surface area contributed by atoms with Gasteiger partial charge in [0, 0.05) is 18.1 Å². The zero-order valence-electron chi connectivity index (χ0n) is 18.8. The number of carbonyl (C=O) groups is 2. The Morgan fingerprint density at radius 1 is 1.09 bits per heavy atom. The van der Waals surface area contributed by atoms with Crippen LogP contribution in [0.1, 0.15) is 31.4 Å². The van der Waals surface area contributed by atoms with E-state index in [0.717, 1.165) is 21.7 Å². The van der Waals surface area contributed by atoms with Crippen LogP contribution in [0.15, 0.2) is 48.5 Å². The first-order valence-corrected chi connectivity index (χ1v) is 12.7. The van der Waals surface area contributed by atoms with Crippen LogP contribution in [-0.4, -0.2) is 50.5 Å². The molecule has 7 nitrogen and oxygen atoms in total. The lowest BCUT2D eigenvalue weighted by Gasteiger charge is -2.32. The minimum absolute atomic E-state index is 0.150. The van der Waals surface area contributed by atoms with Crippen LogP contribution in [0.2, 0.25) is 5.02 Å². The molecule has 2 aromatic carbocycles. The fourth-order valence-electron chi connectivity index (χ4n) is 3.39. The van der Waals surface area contributed by atoms with E-state index in [-0.39, 0.29) is 12.5 Å². The minimum Gasteiger partial charge on any atom is -0.355 e. The van der Waals surface area contributed by atoms with Gasteiger partial charge in [-0.3, -0.25) is 13.9 Å². The van der Waals surface area contributed by atoms with E-state index in [4.69, 9.17) is 11.6 Å². The Bertz CT molecular complexity index is 1040. The monoisotopic (exact) mass is 479 g/mol. The maximum atomic E-state index is 13.5. The molecular formula is C23H30ClN3O4S. The lowest BCUT2D eigenvalue weighted by atomic mass is 10.1. The average molecular weight is 480 g/mol. The second-order valence-corrected chi connectivity index (χ2v) is 9.92. The topological polar surface area (TPSA) is 86.8 Å². The molecule has 0 saturated heterocycles. The molecule has 0 aromatic heterocycles. The molecule has 174 valence electrons. The van der Waals surface area contributed by atoms with Gasteiger partial charge in [-0.1, -0.05) is 42.8 Å². The van der Waals surface area contributed by atoms with Gasteiger partial charge in [-0.05, 0) is 55.7 Å². The van der Waals surface area contributed by atoms with E-state index in [1.54, 1.807) is 49.4 Å². The van der Waals surface area contributed by atoms with Crippen LogP contribution in [0.3, 0.4) is 0 Å². The van der Waals surface area contributed by atoms with E-state index >= 15 is 0 Å². The molecule has 0 bridgehead atoms. The summed E-state index contributed by atoms with van der Waals surface area (Å²) in [5, 5.41) is 3.32. The van der Waals surface area contributed by atoms with Gasteiger partial charge in [-0.2, -0.15) is 0 Å². The Kier molecular flexibility index (Phi) is 9.09. The molecule has 0 aliphatic carbocycles. The summed E-state index contributed by atoms with van der Waals surface area (Å²) < 4.78 is 26.1. The normalized spacial score (nSPS) is 12.2. The van der Waals surface area contributed by atoms with Crippen LogP contribution >= 0.6 is 11.6 Å². The van der Waals surface area contributed by atoms with Crippen molar-refractivity contribution in [2.75, 3.05) is 23.7 Å². The van der Waals surface area contributed by atoms with Crippen molar-refractivity contribution in [1.29, 1.82) is 0 Å². The van der Waals surface area contributed by atoms with Crippen molar-refractivity contribution in [2.45, 2.75) is 39.8 Å². The molecule has 0 spiro atoms. The van der Waals surface area contributed by atoms with E-state index in [0.29, 0.717) is 23.7 Å². The zero-order valence-corrected chi connectivity index (χ0v) is 20.4. The van der Waals surface area contributed by atoms with Gasteiger partial charge in [0.1, 0.15) is 12.6 Å². The predicted octanol–water partition coefficient (Wildman–Crippen LogP) is 3.36. The maximum Gasteiger partial charge on any atom is 0.244 e. The molecule has 0 radical (unpaired) electrons. The van der Waals surface area contributed by atoms with E-state index in [9.17, 15) is 18.0 Å². The van der Waals surface area contributed by atoms with Crippen LogP contribution < -0.4 is 9.62 Å². The number of halogens is 1. The molecule has 32 heavy (non-hydrogen) atoms. The van der Waals surface area contributed by atoms with Crippen molar-refractivity contribution in [1.82, 2.24) is 10.2 Å². The number of hydrogen-bond acceptors (Lipinski definition) is 4. The number of nitrogens with zero attached hydrogens (tertiary/aromatic N) is 2. The SMILES string of the molecule is CCNC(=O)[C@H](CC)N(Cc1ccc(Cl)cc1)C(=O)CN(c1cccc(C)c1)S(C)(=O)=O. The highest BCUT2D eigenvalue weighted by Crippen LogP contribution is 2.21. The Labute approximate surface area is 195 Å². The minimum atomic E-state index is -3.74. The average Bonchev–Trinajstić information content (AvgIpc) is 2.72. The van der Waals surface area contributed by atoms with Gasteiger partial charge in [0.2, 0.25) is 21.8 Å². The summed E-state index contributed by atoms with van der Waals surface area (Å²) in [5.41, 5.74) is 2.06. The van der Waals surface area contributed by atoms with Crippen molar-refractivity contribution in [3.05, 3.63) is 64.7 Å². The van der Waals surface area contributed by atoms with E-state index in [1.807, 2.05) is 19.9 Å². The summed E-state index contributed by atoms with van der Waals surface area (Å²) in [5.74, 6) is -0.747. The van der Waals surface area contributed by atoms with Gasteiger partial charge in [-0.25, -0.2) is 8.42 Å². The summed E-state index contributed by atoms with van der Waals surface area (Å²) in [4.78, 5) is 27.6. The fraction of sp³-hybridized carbons (Fsp3) is 0.391. The summed E-state index contributed by atoms with van der Waals surface area (Å²) in [6, 6.07) is 13.2. The van der Waals surface area contributed by atoms with Crippen molar-refractivity contribution in [2.24, 2.45) is 0 Å². The highest BCUT2D eigenvalue weighted by Gasteiger charge is 2.31. The number of carbonyl (C=O) groups excluding carboxylic acids is 2. The van der Waals surface area contributed by atoms with E-state index in [2.05, 4.69) is 5.32 Å². The number of aryl methyl sites for hydroxylation is 1. The summed E-state index contributed by atoms with van der Waals surface area (Å²) in [6.07, 6.45) is 1.45. The van der Waals surface area contributed by atoms with Gasteiger partial charge in [0.25, 0.3) is 0 Å². The lowest BCUT2D eigenvalue weighted by molar-refractivity contribution is -0.140. The summed E-state index contributed by atoms with van der Waals surface area (Å²) in [6.45, 7) is 5.64. The van der Waals surface area contributed by atoms with E-state index in [1.165, 1.54) is 4.90 Å². The number of amides is 2. The molecule has 0 saturated carbocycles. The first kappa shape index (κ1) is 25.7. The first-order valence-electron chi connectivity index (χ1n) is 10.4. The third-order valence-electron chi connectivity index (χ3n) is 4.97. The second-order valence-electron chi connectivity index (χ2n) is 7.58. The molecule has 2 aromatic rings. The quantitative estimate of drug-likeness (QED) is 0.566. The molecule has 9 heteroatoms. The van der Waals surface area contributed by atoms with Gasteiger partial charge in [0.15, 0.2) is 0 Å². The molecular weight excluding hydrogens is 450 g/mol. The van der Waals surface area contributed by atoms with Crippen LogP contribution in [0.25, 0.3) is 0 Å². The fourth-order valence-corrected chi connectivity index (χ4v) is 4.36. The van der Waals surface area contributed by atoms with Gasteiger partial charge in [-0.15, -0.1) is 0 Å². The van der Waals surface area contributed by atoms with Crippen LogP contribution in [0.4, 0.5) is 5.69 Å². The van der Waals surface area contributed by atoms with Crippen LogP contribution in [0, 0.1) is 6.92 Å². The molecule has 0 unspecified atom stereocenters. The number of rotatable bonds is 10. The second kappa shape index (κ2) is 11.3. The summed E-state index contributed by atoms with van der Waals surface area (Å²) in [7, 11) is -3.74. The van der Waals surface area contributed by atoms with Crippen molar-refractivity contribution in [3.8, 4) is 0 Å². The van der Waals surface area contributed by atoms with Gasteiger partial charge in [0.05, 0.1) is 11.9 Å². The zero-order chi connectivity index (χ0) is 23.9. The largest absolute Gasteiger partial charge is 0.355 e. The molecule has 0 fully saturated rings. The molecule has 0 heterocycles. The molecule has 1 atom stereocenters. The van der Waals surface area contributed by atoms with Crippen LogP contribution in [-0.2, 0) is 26.2 Å². The van der Waals surface area contributed by atoms with Crippen molar-refractivity contribution in [3.63, 3.8) is 0 Å². The van der Waals surface area contributed by atoms with Gasteiger partial charge < -0.3 is 10.2 Å². The number of likely N-dealkylation sites (N-methyl/N-ethyl adjacent to an activating group) is 1. The Balaban J connectivity index is 2.42. The van der Waals surface area contributed by atoms with Gasteiger partial charge >= 0.3 is 0 Å². The predicted molar refractivity (Wildman–Crippen MR) is 128 cm³/mol. The standard InChI is InChI=1S/C23H30ClN3O4S/c1-5-21(23(29)25-6-2)26(15-18-10-12-19(24)13-11-18)22(28)16-27(32(4,30)31)20-9-7-8-17(3)14-20/h7-14,21H,5-6,15-16H2,1-4H3,(H,25,29)/t21-/m0/s1. The highest BCUT2D eigenvalue weighted by atomic mass is 35.5. The molecule has 0 aliphatic heterocycles. The number of hydrogen-bond donors (Lipinski definition) is 1. The van der Waals surface area contributed by atoms with E-state index < -0.39 is 28.5 Å². The van der Waals surface area contributed by atoms with Crippen molar-refractivity contribution >= 4 is 39.1 Å². The Morgan fingerprint density at radius 2 is 1.75 bits per heavy atom. The first-order chi connectivity index (χ1) is 15.1. The Hall–Kier alpha value is -2.58. The maximum absolute atomic E-state index is 13.5. The third-order valence-corrected chi connectivity index (χ3v) is 6.36. The number of anilines is 1. The third kappa shape index (κ3) is 6.97. The molecule has 1 N–H and O–H groups in total. The van der Waals surface area contributed by atoms with Crippen molar-refractivity contribution < 1.29 is 18.0 Å².